The number of aromatic carboxylic acids is 2. The van der Waals surface area contributed by atoms with Crippen molar-refractivity contribution in [2.24, 2.45) is 0 Å². The second kappa shape index (κ2) is 9.86. The third-order valence-electron chi connectivity index (χ3n) is 4.50. The van der Waals surface area contributed by atoms with E-state index in [4.69, 9.17) is 10.2 Å². The zero-order chi connectivity index (χ0) is 22.4. The van der Waals surface area contributed by atoms with Crippen LogP contribution in [-0.4, -0.2) is 50.5 Å². The topological polar surface area (TPSA) is 143 Å². The number of hydrogen-bond acceptors (Lipinski definition) is 6. The van der Waals surface area contributed by atoms with Crippen LogP contribution in [0.15, 0.2) is 58.3 Å². The maximum atomic E-state index is 12.3. The van der Waals surface area contributed by atoms with E-state index >= 15 is 0 Å². The fourth-order valence-corrected chi connectivity index (χ4v) is 5.52. The molecule has 0 aliphatic carbocycles. The van der Waals surface area contributed by atoms with E-state index in [1.807, 2.05) is 0 Å². The van der Waals surface area contributed by atoms with Gasteiger partial charge >= 0.3 is 11.9 Å². The van der Waals surface area contributed by atoms with E-state index in [1.54, 1.807) is 0 Å². The van der Waals surface area contributed by atoms with Gasteiger partial charge in [0.15, 0.2) is 19.7 Å². The van der Waals surface area contributed by atoms with Crippen LogP contribution in [0.2, 0.25) is 0 Å². The van der Waals surface area contributed by atoms with E-state index < -0.39 is 31.6 Å². The van der Waals surface area contributed by atoms with Crippen LogP contribution >= 0.6 is 0 Å². The van der Waals surface area contributed by atoms with Crippen molar-refractivity contribution in [3.8, 4) is 0 Å². The van der Waals surface area contributed by atoms with Crippen LogP contribution in [0, 0.1) is 0 Å². The molecule has 0 unspecified atom stereocenters. The highest BCUT2D eigenvalue weighted by Gasteiger charge is 2.16. The second-order valence-corrected chi connectivity index (χ2v) is 10.9. The number of hydrogen-bond donors (Lipinski definition) is 2. The van der Waals surface area contributed by atoms with Crippen LogP contribution < -0.4 is 0 Å². The summed E-state index contributed by atoms with van der Waals surface area (Å²) >= 11 is 0. The first kappa shape index (κ1) is 23.6. The highest BCUT2D eigenvalue weighted by molar-refractivity contribution is 7.91. The first-order valence-electron chi connectivity index (χ1n) is 9.15. The molecule has 2 N–H and O–H groups in total. The minimum absolute atomic E-state index is 0.00718. The average Bonchev–Trinajstić information content (AvgIpc) is 2.70. The second-order valence-electron chi connectivity index (χ2n) is 6.71. The quantitative estimate of drug-likeness (QED) is 0.493. The van der Waals surface area contributed by atoms with Gasteiger partial charge in [0.2, 0.25) is 0 Å². The summed E-state index contributed by atoms with van der Waals surface area (Å²) in [5, 5.41) is 17.7. The molecule has 0 aromatic heterocycles. The molecule has 0 aliphatic rings. The number of sulfone groups is 2. The van der Waals surface area contributed by atoms with Crippen LogP contribution in [0.1, 0.15) is 46.4 Å². The summed E-state index contributed by atoms with van der Waals surface area (Å²) in [6.07, 6.45) is 1.77. The van der Waals surface area contributed by atoms with Gasteiger partial charge in [0.1, 0.15) is 0 Å². The van der Waals surface area contributed by atoms with Gasteiger partial charge in [-0.3, -0.25) is 0 Å². The predicted octanol–water partition coefficient (Wildman–Crippen LogP) is 2.89. The van der Waals surface area contributed by atoms with Crippen molar-refractivity contribution in [2.75, 3.05) is 11.5 Å². The van der Waals surface area contributed by atoms with Gasteiger partial charge < -0.3 is 10.2 Å². The van der Waals surface area contributed by atoms with Gasteiger partial charge in [0.25, 0.3) is 0 Å². The normalized spacial score (nSPS) is 11.9. The monoisotopic (exact) mass is 454 g/mol. The van der Waals surface area contributed by atoms with Gasteiger partial charge in [-0.15, -0.1) is 0 Å². The lowest BCUT2D eigenvalue weighted by molar-refractivity contribution is 0.0686. The molecular formula is C20H22O8S2. The minimum atomic E-state index is -3.53. The number of unbranched alkanes of at least 4 members (excludes halogenated alkanes) is 3. The zero-order valence-electron chi connectivity index (χ0n) is 16.0. The van der Waals surface area contributed by atoms with Crippen molar-refractivity contribution < 1.29 is 36.6 Å². The molecule has 2 rings (SSSR count). The fourth-order valence-electron chi connectivity index (χ4n) is 2.78. The molecule has 2 aromatic rings. The zero-order valence-corrected chi connectivity index (χ0v) is 17.7. The van der Waals surface area contributed by atoms with Gasteiger partial charge in [-0.25, -0.2) is 26.4 Å². The third-order valence-corrected chi connectivity index (χ3v) is 8.13. The van der Waals surface area contributed by atoms with Crippen LogP contribution in [0.3, 0.4) is 0 Å². The first-order valence-corrected chi connectivity index (χ1v) is 12.5. The third kappa shape index (κ3) is 6.39. The summed E-state index contributed by atoms with van der Waals surface area (Å²) in [5.74, 6) is -2.48. The number of carboxylic acids is 2. The Labute approximate surface area is 175 Å². The molecule has 10 heteroatoms. The molecule has 0 fully saturated rings. The lowest BCUT2D eigenvalue weighted by atomic mass is 10.2. The molecule has 0 heterocycles. The van der Waals surface area contributed by atoms with E-state index in [2.05, 4.69) is 0 Å². The number of carboxylic acid groups (broad SMARTS) is 2. The lowest BCUT2D eigenvalue weighted by Crippen LogP contribution is -2.09. The Morgan fingerprint density at radius 3 is 1.13 bits per heavy atom. The molecule has 0 amide bonds. The average molecular weight is 455 g/mol. The Kier molecular flexibility index (Phi) is 7.74. The van der Waals surface area contributed by atoms with Crippen LogP contribution in [0.5, 0.6) is 0 Å². The van der Waals surface area contributed by atoms with Crippen molar-refractivity contribution in [2.45, 2.75) is 35.5 Å². The minimum Gasteiger partial charge on any atom is -0.478 e. The Bertz CT molecular complexity index is 1010. The number of rotatable bonds is 11. The van der Waals surface area contributed by atoms with Gasteiger partial charge in [-0.05, 0) is 61.4 Å². The van der Waals surface area contributed by atoms with Crippen LogP contribution in [-0.2, 0) is 19.7 Å². The summed E-state index contributed by atoms with van der Waals surface area (Å²) in [6.45, 7) is 0. The molecule has 0 radical (unpaired) electrons. The first-order chi connectivity index (χ1) is 14.0. The molecule has 8 nitrogen and oxygen atoms in total. The van der Waals surface area contributed by atoms with Crippen molar-refractivity contribution in [3.63, 3.8) is 0 Å². The maximum Gasteiger partial charge on any atom is 0.335 e. The van der Waals surface area contributed by atoms with Crippen molar-refractivity contribution in [1.82, 2.24) is 0 Å². The Hall–Kier alpha value is -2.72. The molecule has 0 bridgehead atoms. The van der Waals surface area contributed by atoms with Gasteiger partial charge in [-0.1, -0.05) is 12.8 Å². The highest BCUT2D eigenvalue weighted by atomic mass is 32.2. The smallest absolute Gasteiger partial charge is 0.335 e. The van der Waals surface area contributed by atoms with E-state index in [0.717, 1.165) is 0 Å². The Balaban J connectivity index is 1.79. The molecule has 0 saturated heterocycles. The van der Waals surface area contributed by atoms with E-state index in [9.17, 15) is 26.4 Å². The molecule has 0 spiro atoms. The number of carbonyl (C=O) groups is 2. The number of benzene rings is 2. The van der Waals surface area contributed by atoms with Crippen LogP contribution in [0.4, 0.5) is 0 Å². The highest BCUT2D eigenvalue weighted by Crippen LogP contribution is 2.17. The molecule has 0 saturated carbocycles. The lowest BCUT2D eigenvalue weighted by Gasteiger charge is -2.06. The van der Waals surface area contributed by atoms with Crippen molar-refractivity contribution >= 4 is 31.6 Å². The van der Waals surface area contributed by atoms with E-state index in [0.29, 0.717) is 25.7 Å². The maximum absolute atomic E-state index is 12.3. The molecule has 0 atom stereocenters. The standard InChI is InChI=1S/C20H22O8S2/c21-19(22)15-5-9-17(10-6-15)29(25,26)13-3-1-2-4-14-30(27,28)18-11-7-16(8-12-18)20(23)24/h5-12H,1-4,13-14H2,(H,21,22)(H,23,24). The molecule has 162 valence electrons. The summed E-state index contributed by atoms with van der Waals surface area (Å²) in [6, 6.07) is 10.0. The van der Waals surface area contributed by atoms with Gasteiger partial charge in [-0.2, -0.15) is 0 Å². The van der Waals surface area contributed by atoms with Gasteiger partial charge in [0, 0.05) is 0 Å². The molecule has 2 aromatic carbocycles. The molecule has 0 aliphatic heterocycles. The summed E-state index contributed by atoms with van der Waals surface area (Å²) in [4.78, 5) is 21.8. The van der Waals surface area contributed by atoms with Crippen LogP contribution in [0.25, 0.3) is 0 Å². The van der Waals surface area contributed by atoms with Crippen molar-refractivity contribution in [1.29, 1.82) is 0 Å². The molecule has 30 heavy (non-hydrogen) atoms. The summed E-state index contributed by atoms with van der Waals surface area (Å²) in [7, 11) is -7.06. The van der Waals surface area contributed by atoms with E-state index in [-0.39, 0.29) is 32.4 Å². The van der Waals surface area contributed by atoms with E-state index in [1.165, 1.54) is 48.5 Å². The predicted molar refractivity (Wildman–Crippen MR) is 109 cm³/mol. The summed E-state index contributed by atoms with van der Waals surface area (Å²) in [5.41, 5.74) is 0.0144. The largest absolute Gasteiger partial charge is 0.478 e. The Morgan fingerprint density at radius 1 is 0.567 bits per heavy atom. The fraction of sp³-hybridized carbons (Fsp3) is 0.300. The van der Waals surface area contributed by atoms with Gasteiger partial charge in [0.05, 0.1) is 32.4 Å². The SMILES string of the molecule is O=C(O)c1ccc(S(=O)(=O)CCCCCCS(=O)(=O)c2ccc(C(=O)O)cc2)cc1. The molecular weight excluding hydrogens is 432 g/mol. The van der Waals surface area contributed by atoms with Crippen molar-refractivity contribution in [3.05, 3.63) is 59.7 Å². The Morgan fingerprint density at radius 2 is 0.867 bits per heavy atom. The summed E-state index contributed by atoms with van der Waals surface area (Å²) < 4.78 is 49.1.